The van der Waals surface area contributed by atoms with Crippen molar-refractivity contribution in [3.05, 3.63) is 25.3 Å². The molecule has 0 radical (unpaired) electrons. The molecule has 14 heavy (non-hydrogen) atoms. The Balaban J connectivity index is 3.44. The second kappa shape index (κ2) is 8.90. The van der Waals surface area contributed by atoms with E-state index in [4.69, 9.17) is 19.7 Å². The molecule has 0 saturated heterocycles. The third-order valence-electron chi connectivity index (χ3n) is 1.63. The Labute approximate surface area is 84.5 Å². The molecule has 4 heteroatoms. The average Bonchev–Trinajstić information content (AvgIpc) is 2.24. The minimum Gasteiger partial charge on any atom is -0.393 e. The Hall–Kier alpha value is -0.680. The summed E-state index contributed by atoms with van der Waals surface area (Å²) in [4.78, 5) is 0. The highest BCUT2D eigenvalue weighted by Gasteiger charge is 2.04. The molecule has 0 aromatic carbocycles. The molecule has 0 rings (SSSR count). The van der Waals surface area contributed by atoms with E-state index >= 15 is 0 Å². The van der Waals surface area contributed by atoms with E-state index in [0.29, 0.717) is 13.2 Å². The molecule has 0 amide bonds. The Morgan fingerprint density at radius 3 is 1.50 bits per heavy atom. The van der Waals surface area contributed by atoms with Crippen molar-refractivity contribution in [2.45, 2.75) is 12.2 Å². The maximum absolute atomic E-state index is 8.73. The van der Waals surface area contributed by atoms with Gasteiger partial charge in [-0.15, -0.1) is 13.2 Å². The van der Waals surface area contributed by atoms with Crippen LogP contribution in [0.4, 0.5) is 0 Å². The topological polar surface area (TPSA) is 58.9 Å². The molecule has 0 aliphatic rings. The van der Waals surface area contributed by atoms with Gasteiger partial charge in [0.25, 0.3) is 0 Å². The van der Waals surface area contributed by atoms with Gasteiger partial charge >= 0.3 is 0 Å². The van der Waals surface area contributed by atoms with Gasteiger partial charge in [0.1, 0.15) is 0 Å². The maximum Gasteiger partial charge on any atom is 0.0985 e. The second-order valence-electron chi connectivity index (χ2n) is 2.66. The van der Waals surface area contributed by atoms with Gasteiger partial charge in [-0.1, -0.05) is 12.2 Å². The summed E-state index contributed by atoms with van der Waals surface area (Å²) in [5.41, 5.74) is 0. The summed E-state index contributed by atoms with van der Waals surface area (Å²) in [6, 6.07) is 0. The van der Waals surface area contributed by atoms with Gasteiger partial charge in [0.05, 0.1) is 38.6 Å². The zero-order valence-corrected chi connectivity index (χ0v) is 8.26. The molecule has 2 unspecified atom stereocenters. The Morgan fingerprint density at radius 1 is 0.929 bits per heavy atom. The lowest BCUT2D eigenvalue weighted by Gasteiger charge is -2.13. The van der Waals surface area contributed by atoms with Crippen molar-refractivity contribution in [2.75, 3.05) is 26.4 Å². The summed E-state index contributed by atoms with van der Waals surface area (Å²) in [5, 5.41) is 17.5. The fourth-order valence-corrected chi connectivity index (χ4v) is 0.790. The van der Waals surface area contributed by atoms with E-state index in [1.807, 2.05) is 0 Å². The van der Waals surface area contributed by atoms with E-state index in [0.717, 1.165) is 0 Å². The molecule has 4 nitrogen and oxygen atoms in total. The normalized spacial score (nSPS) is 14.7. The minimum atomic E-state index is -0.352. The largest absolute Gasteiger partial charge is 0.393 e. The van der Waals surface area contributed by atoms with Crippen LogP contribution in [0.5, 0.6) is 0 Å². The number of hydrogen-bond acceptors (Lipinski definition) is 4. The quantitative estimate of drug-likeness (QED) is 0.411. The fraction of sp³-hybridized carbons (Fsp3) is 0.600. The van der Waals surface area contributed by atoms with E-state index in [1.54, 1.807) is 0 Å². The molecule has 0 aliphatic heterocycles. The lowest BCUT2D eigenvalue weighted by Crippen LogP contribution is -2.21. The minimum absolute atomic E-state index is 0.0889. The third kappa shape index (κ3) is 5.88. The fourth-order valence-electron chi connectivity index (χ4n) is 0.790. The predicted molar refractivity (Wildman–Crippen MR) is 54.0 cm³/mol. The van der Waals surface area contributed by atoms with Crippen LogP contribution < -0.4 is 0 Å². The van der Waals surface area contributed by atoms with Crippen LogP contribution in [0.15, 0.2) is 25.3 Å². The third-order valence-corrected chi connectivity index (χ3v) is 1.63. The van der Waals surface area contributed by atoms with Crippen LogP contribution in [0.1, 0.15) is 0 Å². The first-order chi connectivity index (χ1) is 6.78. The second-order valence-corrected chi connectivity index (χ2v) is 2.66. The van der Waals surface area contributed by atoms with Gasteiger partial charge in [0.15, 0.2) is 0 Å². The molecule has 2 atom stereocenters. The number of aliphatic hydroxyl groups excluding tert-OH is 2. The van der Waals surface area contributed by atoms with Crippen LogP contribution in [-0.2, 0) is 9.47 Å². The van der Waals surface area contributed by atoms with Crippen LogP contribution in [-0.4, -0.2) is 48.8 Å². The van der Waals surface area contributed by atoms with Gasteiger partial charge in [-0.2, -0.15) is 0 Å². The SMILES string of the molecule is C=CC(CO)OCCOC(C=C)CO. The van der Waals surface area contributed by atoms with Crippen LogP contribution in [0.25, 0.3) is 0 Å². The van der Waals surface area contributed by atoms with Crippen molar-refractivity contribution >= 4 is 0 Å². The van der Waals surface area contributed by atoms with Gasteiger partial charge in [0, 0.05) is 0 Å². The van der Waals surface area contributed by atoms with Gasteiger partial charge in [-0.25, -0.2) is 0 Å². The maximum atomic E-state index is 8.73. The highest BCUT2D eigenvalue weighted by molar-refractivity contribution is 4.80. The van der Waals surface area contributed by atoms with Gasteiger partial charge in [-0.3, -0.25) is 0 Å². The summed E-state index contributed by atoms with van der Waals surface area (Å²) in [6.45, 7) is 7.51. The predicted octanol–water partition coefficient (Wildman–Crippen LogP) is 0.113. The highest BCUT2D eigenvalue weighted by atomic mass is 16.5. The molecule has 0 aliphatic carbocycles. The summed E-state index contributed by atoms with van der Waals surface area (Å²) in [5.74, 6) is 0. The van der Waals surface area contributed by atoms with E-state index in [-0.39, 0.29) is 25.4 Å². The average molecular weight is 202 g/mol. The molecule has 0 spiro atoms. The number of hydrogen-bond donors (Lipinski definition) is 2. The molecule has 82 valence electrons. The zero-order valence-electron chi connectivity index (χ0n) is 8.26. The lowest BCUT2D eigenvalue weighted by molar-refractivity contribution is -0.0226. The molecular formula is C10H18O4. The first kappa shape index (κ1) is 13.3. The lowest BCUT2D eigenvalue weighted by atomic mass is 10.4. The zero-order chi connectivity index (χ0) is 10.8. The summed E-state index contributed by atoms with van der Waals surface area (Å²) < 4.78 is 10.3. The van der Waals surface area contributed by atoms with Crippen molar-refractivity contribution in [3.8, 4) is 0 Å². The summed E-state index contributed by atoms with van der Waals surface area (Å²) in [7, 11) is 0. The summed E-state index contributed by atoms with van der Waals surface area (Å²) >= 11 is 0. The Kier molecular flexibility index (Phi) is 8.47. The molecule has 0 bridgehead atoms. The molecular weight excluding hydrogens is 184 g/mol. The monoisotopic (exact) mass is 202 g/mol. The van der Waals surface area contributed by atoms with E-state index < -0.39 is 0 Å². The first-order valence-corrected chi connectivity index (χ1v) is 4.48. The van der Waals surface area contributed by atoms with Crippen molar-refractivity contribution in [2.24, 2.45) is 0 Å². The Morgan fingerprint density at radius 2 is 1.29 bits per heavy atom. The van der Waals surface area contributed by atoms with E-state index in [1.165, 1.54) is 12.2 Å². The number of rotatable bonds is 9. The standard InChI is InChI=1S/C10H18O4/c1-3-9(7-11)13-5-6-14-10(4-2)8-12/h3-4,9-12H,1-2,5-8H2. The molecule has 2 N–H and O–H groups in total. The smallest absolute Gasteiger partial charge is 0.0985 e. The van der Waals surface area contributed by atoms with Crippen molar-refractivity contribution in [1.82, 2.24) is 0 Å². The molecule has 0 aromatic rings. The van der Waals surface area contributed by atoms with Crippen molar-refractivity contribution in [1.29, 1.82) is 0 Å². The van der Waals surface area contributed by atoms with Crippen molar-refractivity contribution < 1.29 is 19.7 Å². The molecule has 0 fully saturated rings. The van der Waals surface area contributed by atoms with Gasteiger partial charge in [-0.05, 0) is 0 Å². The van der Waals surface area contributed by atoms with Crippen LogP contribution in [0.3, 0.4) is 0 Å². The molecule has 0 aromatic heterocycles. The van der Waals surface area contributed by atoms with Gasteiger partial charge in [0.2, 0.25) is 0 Å². The number of aliphatic hydroxyl groups is 2. The molecule has 0 heterocycles. The van der Waals surface area contributed by atoms with Crippen LogP contribution in [0.2, 0.25) is 0 Å². The first-order valence-electron chi connectivity index (χ1n) is 4.48. The van der Waals surface area contributed by atoms with E-state index in [9.17, 15) is 0 Å². The van der Waals surface area contributed by atoms with Gasteiger partial charge < -0.3 is 19.7 Å². The number of ether oxygens (including phenoxy) is 2. The molecule has 0 saturated carbocycles. The highest BCUT2D eigenvalue weighted by Crippen LogP contribution is 1.95. The van der Waals surface area contributed by atoms with Crippen molar-refractivity contribution in [3.63, 3.8) is 0 Å². The van der Waals surface area contributed by atoms with E-state index in [2.05, 4.69) is 13.2 Å². The summed E-state index contributed by atoms with van der Waals surface area (Å²) in [6.07, 6.45) is 2.35. The van der Waals surface area contributed by atoms with Crippen LogP contribution in [0, 0.1) is 0 Å². The van der Waals surface area contributed by atoms with Crippen LogP contribution >= 0.6 is 0 Å². The Bertz CT molecular complexity index is 140.